The first-order valence-corrected chi connectivity index (χ1v) is 9.69. The molecule has 11 heteroatoms. The van der Waals surface area contributed by atoms with E-state index in [1.807, 2.05) is 6.92 Å². The van der Waals surface area contributed by atoms with E-state index >= 15 is 0 Å². The van der Waals surface area contributed by atoms with Crippen molar-refractivity contribution in [2.24, 2.45) is 4.99 Å². The minimum absolute atomic E-state index is 0. The number of rotatable bonds is 5. The van der Waals surface area contributed by atoms with Crippen LogP contribution in [0.25, 0.3) is 0 Å². The number of likely N-dealkylation sites (tertiary alicyclic amines) is 1. The summed E-state index contributed by atoms with van der Waals surface area (Å²) in [6.45, 7) is 3.92. The Morgan fingerprint density at radius 3 is 2.79 bits per heavy atom. The molecule has 2 N–H and O–H groups in total. The molecule has 3 rings (SSSR count). The number of nitrogens with one attached hydrogen (secondary N) is 2. The van der Waals surface area contributed by atoms with Gasteiger partial charge >= 0.3 is 6.18 Å². The van der Waals surface area contributed by atoms with Gasteiger partial charge in [-0.05, 0) is 26.2 Å². The quantitative estimate of drug-likeness (QED) is 0.358. The molecule has 0 aliphatic carbocycles. The highest BCUT2D eigenvalue weighted by Crippen LogP contribution is 2.20. The maximum atomic E-state index is 12.5. The van der Waals surface area contributed by atoms with Crippen LogP contribution in [0.3, 0.4) is 0 Å². The Morgan fingerprint density at radius 1 is 1.21 bits per heavy atom. The molecule has 0 amide bonds. The molecule has 3 heterocycles. The first-order valence-electron chi connectivity index (χ1n) is 9.69. The summed E-state index contributed by atoms with van der Waals surface area (Å²) < 4.78 is 39.8. The molecule has 0 aromatic carbocycles. The number of alkyl halides is 3. The van der Waals surface area contributed by atoms with Crippen molar-refractivity contribution in [2.45, 2.75) is 64.3 Å². The Bertz CT molecular complexity index is 647. The maximum Gasteiger partial charge on any atom is 0.401 e. The van der Waals surface area contributed by atoms with Gasteiger partial charge in [0.2, 0.25) is 0 Å². The molecule has 0 bridgehead atoms. The third-order valence-corrected chi connectivity index (χ3v) is 4.93. The predicted molar refractivity (Wildman–Crippen MR) is 112 cm³/mol. The topological polar surface area (TPSA) is 70.4 Å². The third-order valence-electron chi connectivity index (χ3n) is 4.93. The van der Waals surface area contributed by atoms with Crippen LogP contribution < -0.4 is 10.6 Å². The van der Waals surface area contributed by atoms with Crippen LogP contribution in [0.15, 0.2) is 4.99 Å². The second-order valence-electron chi connectivity index (χ2n) is 7.17. The molecule has 0 radical (unpaired) electrons. The van der Waals surface area contributed by atoms with Crippen molar-refractivity contribution in [3.8, 4) is 0 Å². The molecular weight excluding hydrogens is 486 g/mol. The highest BCUT2D eigenvalue weighted by molar-refractivity contribution is 14.0. The van der Waals surface area contributed by atoms with E-state index in [0.717, 1.165) is 37.5 Å². The van der Waals surface area contributed by atoms with E-state index in [4.69, 9.17) is 0 Å². The molecule has 0 spiro atoms. The Hall–Kier alpha value is -1.11. The lowest BCUT2D eigenvalue weighted by atomic mass is 10.2. The summed E-state index contributed by atoms with van der Waals surface area (Å²) >= 11 is 0. The number of aromatic nitrogens is 3. The number of hydrogen-bond donors (Lipinski definition) is 2. The zero-order valence-electron chi connectivity index (χ0n) is 16.1. The van der Waals surface area contributed by atoms with Crippen molar-refractivity contribution >= 4 is 29.9 Å². The largest absolute Gasteiger partial charge is 0.401 e. The van der Waals surface area contributed by atoms with E-state index in [-0.39, 0.29) is 30.0 Å². The highest BCUT2D eigenvalue weighted by Gasteiger charge is 2.34. The average molecular weight is 515 g/mol. The van der Waals surface area contributed by atoms with Crippen molar-refractivity contribution in [1.29, 1.82) is 0 Å². The van der Waals surface area contributed by atoms with Gasteiger partial charge in [-0.2, -0.15) is 13.2 Å². The van der Waals surface area contributed by atoms with Crippen LogP contribution in [-0.2, 0) is 19.5 Å². The number of halogens is 4. The lowest BCUT2D eigenvalue weighted by Crippen LogP contribution is -2.45. The van der Waals surface area contributed by atoms with Crippen LogP contribution in [0.2, 0.25) is 0 Å². The van der Waals surface area contributed by atoms with Crippen LogP contribution in [-0.4, -0.2) is 64.0 Å². The van der Waals surface area contributed by atoms with Gasteiger partial charge in [0, 0.05) is 38.6 Å². The number of aryl methyl sites for hydroxylation is 1. The summed E-state index contributed by atoms with van der Waals surface area (Å²) in [6.07, 6.45) is 0.928. The number of nitrogens with zero attached hydrogens (tertiary/aromatic N) is 5. The molecule has 28 heavy (non-hydrogen) atoms. The molecule has 2 aliphatic heterocycles. The van der Waals surface area contributed by atoms with Gasteiger partial charge < -0.3 is 15.2 Å². The van der Waals surface area contributed by atoms with E-state index in [1.54, 1.807) is 0 Å². The van der Waals surface area contributed by atoms with Crippen molar-refractivity contribution in [3.63, 3.8) is 0 Å². The summed E-state index contributed by atoms with van der Waals surface area (Å²) in [5.74, 6) is 2.48. The van der Waals surface area contributed by atoms with E-state index < -0.39 is 12.7 Å². The number of hydrogen-bond acceptors (Lipinski definition) is 4. The molecule has 1 atom stereocenters. The minimum Gasteiger partial charge on any atom is -0.357 e. The lowest BCUT2D eigenvalue weighted by Gasteiger charge is -2.19. The van der Waals surface area contributed by atoms with Crippen molar-refractivity contribution in [2.75, 3.05) is 26.2 Å². The van der Waals surface area contributed by atoms with E-state index in [1.165, 1.54) is 11.3 Å². The zero-order chi connectivity index (χ0) is 19.3. The summed E-state index contributed by atoms with van der Waals surface area (Å²) in [7, 11) is 0. The van der Waals surface area contributed by atoms with Crippen LogP contribution >= 0.6 is 24.0 Å². The van der Waals surface area contributed by atoms with Crippen LogP contribution in [0.4, 0.5) is 13.2 Å². The van der Waals surface area contributed by atoms with Gasteiger partial charge in [0.05, 0.1) is 6.54 Å². The predicted octanol–water partition coefficient (Wildman–Crippen LogP) is 2.31. The Labute approximate surface area is 180 Å². The number of guanidine groups is 1. The fourth-order valence-electron chi connectivity index (χ4n) is 3.67. The van der Waals surface area contributed by atoms with E-state index in [2.05, 4.69) is 30.4 Å². The Balaban J connectivity index is 0.00000280. The van der Waals surface area contributed by atoms with E-state index in [9.17, 15) is 13.2 Å². The molecule has 1 aromatic heterocycles. The summed E-state index contributed by atoms with van der Waals surface area (Å²) in [5.41, 5.74) is 0. The Kier molecular flexibility index (Phi) is 8.78. The fraction of sp³-hybridized carbons (Fsp3) is 0.824. The normalized spacial score (nSPS) is 21.0. The second-order valence-corrected chi connectivity index (χ2v) is 7.17. The van der Waals surface area contributed by atoms with Gasteiger partial charge in [-0.15, -0.1) is 34.2 Å². The van der Waals surface area contributed by atoms with Crippen LogP contribution in [0, 0.1) is 0 Å². The fourth-order valence-corrected chi connectivity index (χ4v) is 3.67. The third kappa shape index (κ3) is 6.75. The number of aliphatic imine (C=N–C) groups is 1. The molecule has 0 saturated carbocycles. The van der Waals surface area contributed by atoms with Crippen molar-refractivity contribution in [3.05, 3.63) is 11.6 Å². The standard InChI is InChI=1S/C17H28F3N7.HI/c1-2-21-16(23-13-7-9-26(11-13)12-17(18,19)20)22-10-15-25-24-14-6-4-3-5-8-27(14)15;/h13H,2-12H2,1H3,(H2,21,22,23);1H. The maximum absolute atomic E-state index is 12.5. The zero-order valence-corrected chi connectivity index (χ0v) is 18.5. The number of fused-ring (bicyclic) bond motifs is 1. The highest BCUT2D eigenvalue weighted by atomic mass is 127. The van der Waals surface area contributed by atoms with Crippen molar-refractivity contribution < 1.29 is 13.2 Å². The van der Waals surface area contributed by atoms with Gasteiger partial charge in [-0.25, -0.2) is 4.99 Å². The molecule has 7 nitrogen and oxygen atoms in total. The average Bonchev–Trinajstić information content (AvgIpc) is 3.11. The molecular formula is C17H29F3IN7. The van der Waals surface area contributed by atoms with Crippen LogP contribution in [0.5, 0.6) is 0 Å². The molecule has 160 valence electrons. The Morgan fingerprint density at radius 2 is 2.04 bits per heavy atom. The first-order chi connectivity index (χ1) is 12.9. The van der Waals surface area contributed by atoms with Gasteiger partial charge in [-0.1, -0.05) is 6.42 Å². The smallest absolute Gasteiger partial charge is 0.357 e. The van der Waals surface area contributed by atoms with Gasteiger partial charge in [0.1, 0.15) is 12.4 Å². The van der Waals surface area contributed by atoms with Gasteiger partial charge in [-0.3, -0.25) is 4.90 Å². The lowest BCUT2D eigenvalue weighted by molar-refractivity contribution is -0.143. The summed E-state index contributed by atoms with van der Waals surface area (Å²) in [6, 6.07) is -0.0411. The molecule has 2 aliphatic rings. The van der Waals surface area contributed by atoms with Crippen molar-refractivity contribution in [1.82, 2.24) is 30.3 Å². The van der Waals surface area contributed by atoms with Crippen LogP contribution in [0.1, 0.15) is 44.3 Å². The van der Waals surface area contributed by atoms with E-state index in [0.29, 0.717) is 38.6 Å². The molecule has 1 aromatic rings. The minimum atomic E-state index is -4.15. The molecule has 1 fully saturated rings. The molecule has 1 saturated heterocycles. The van der Waals surface area contributed by atoms with Gasteiger partial charge in [0.25, 0.3) is 0 Å². The SMILES string of the molecule is CCNC(=NCc1nnc2n1CCCCC2)NC1CCN(CC(F)(F)F)C1.I. The monoisotopic (exact) mass is 515 g/mol. The summed E-state index contributed by atoms with van der Waals surface area (Å²) in [5, 5.41) is 15.0. The molecule has 1 unspecified atom stereocenters. The first kappa shape index (κ1) is 23.2. The second kappa shape index (κ2) is 10.6. The summed E-state index contributed by atoms with van der Waals surface area (Å²) in [4.78, 5) is 6.02. The van der Waals surface area contributed by atoms with Gasteiger partial charge in [0.15, 0.2) is 11.8 Å².